The van der Waals surface area contributed by atoms with Gasteiger partial charge in [0.1, 0.15) is 0 Å². The van der Waals surface area contributed by atoms with Gasteiger partial charge in [-0.1, -0.05) is 0 Å². The number of carboxylic acids is 1. The Morgan fingerprint density at radius 3 is 1.94 bits per heavy atom. The Hall–Kier alpha value is -4.22. The van der Waals surface area contributed by atoms with Crippen molar-refractivity contribution in [3.05, 3.63) is 79.5 Å². The quantitative estimate of drug-likeness (QED) is 0.105. The number of rotatable bonds is 9. The Balaban J connectivity index is 0.000000186. The second kappa shape index (κ2) is 16.6. The molecule has 13 heteroatoms. The van der Waals surface area contributed by atoms with E-state index in [9.17, 15) is 14.7 Å². The molecule has 244 valence electrons. The molecule has 0 amide bonds. The van der Waals surface area contributed by atoms with Gasteiger partial charge in [0.15, 0.2) is 0 Å². The summed E-state index contributed by atoms with van der Waals surface area (Å²) in [6.45, 7) is 21.0. The number of hydrogen-bond donors (Lipinski definition) is 3. The van der Waals surface area contributed by atoms with Gasteiger partial charge in [-0.2, -0.15) is 0 Å². The fourth-order valence-corrected chi connectivity index (χ4v) is 7.92. The molecule has 3 N–H and O–H groups in total. The molecule has 2 aromatic heterocycles. The van der Waals surface area contributed by atoms with E-state index in [0.29, 0.717) is 63.4 Å². The van der Waals surface area contributed by atoms with Crippen molar-refractivity contribution in [1.29, 1.82) is 0 Å². The van der Waals surface area contributed by atoms with Crippen LogP contribution in [0.1, 0.15) is 62.5 Å². The maximum atomic E-state index is 11.8. The van der Waals surface area contributed by atoms with Crippen LogP contribution in [-0.4, -0.2) is 86.1 Å². The van der Waals surface area contributed by atoms with Crippen LogP contribution in [0.4, 0.5) is 11.4 Å². The first-order valence-corrected chi connectivity index (χ1v) is 18.3. The third-order valence-electron chi connectivity index (χ3n) is 7.04. The number of aliphatic hydroxyl groups excluding tert-OH is 1. The summed E-state index contributed by atoms with van der Waals surface area (Å²) in [6.07, 6.45) is 4.92. The van der Waals surface area contributed by atoms with E-state index in [-0.39, 0.29) is 46.4 Å². The minimum atomic E-state index is -0.911. The summed E-state index contributed by atoms with van der Waals surface area (Å²) in [5, 5.41) is 26.8. The normalized spacial score (nSPS) is 13.1. The van der Waals surface area contributed by atoms with Gasteiger partial charge < -0.3 is 5.11 Å². The number of aromatic hydroxyl groups is 1. The number of aromatic carboxylic acids is 1. The van der Waals surface area contributed by atoms with E-state index in [4.69, 9.17) is 32.8 Å². The molecule has 0 aliphatic heterocycles. The molecule has 0 saturated heterocycles. The van der Waals surface area contributed by atoms with Crippen LogP contribution in [0.2, 0.25) is 0 Å². The summed E-state index contributed by atoms with van der Waals surface area (Å²) in [7, 11) is 0. The topological polar surface area (TPSA) is 148 Å². The molecule has 0 bridgehead atoms. The fourth-order valence-electron chi connectivity index (χ4n) is 4.02. The third kappa shape index (κ3) is 9.89. The van der Waals surface area contributed by atoms with Crippen molar-refractivity contribution in [3.63, 3.8) is 0 Å². The zero-order valence-electron chi connectivity index (χ0n) is 26.1. The summed E-state index contributed by atoms with van der Waals surface area (Å²) in [5.41, 5.74) is 3.42. The van der Waals surface area contributed by atoms with Crippen molar-refractivity contribution in [2.45, 2.75) is 46.5 Å². The molecule has 2 aliphatic carbocycles. The number of aromatic nitrogens is 2. The molecule has 0 atom stereocenters. The molecule has 6 rings (SSSR count). The van der Waals surface area contributed by atoms with Crippen LogP contribution in [0.15, 0.2) is 36.4 Å². The molecule has 0 unspecified atom stereocenters. The van der Waals surface area contributed by atoms with Crippen LogP contribution in [-0.2, 0) is 4.74 Å². The van der Waals surface area contributed by atoms with Crippen LogP contribution in [0.25, 0.3) is 30.0 Å². The molecule has 2 fully saturated rings. The third-order valence-corrected chi connectivity index (χ3v) is 12.0. The molecule has 2 heterocycles. The molecule has 0 spiro atoms. The van der Waals surface area contributed by atoms with Gasteiger partial charge >= 0.3 is 256 Å². The van der Waals surface area contributed by atoms with E-state index in [1.165, 1.54) is 31.7 Å². The predicted molar refractivity (Wildman–Crippen MR) is 178 cm³/mol. The first-order chi connectivity index (χ1) is 22.6. The van der Waals surface area contributed by atoms with Gasteiger partial charge in [-0.25, -0.2) is 0 Å². The van der Waals surface area contributed by atoms with Gasteiger partial charge in [0.2, 0.25) is 0 Å². The zero-order valence-corrected chi connectivity index (χ0v) is 29.6. The van der Waals surface area contributed by atoms with Gasteiger partial charge in [0.25, 0.3) is 0 Å². The summed E-state index contributed by atoms with van der Waals surface area (Å²) in [4.78, 5) is 38.4. The van der Waals surface area contributed by atoms with Gasteiger partial charge in [-0.3, -0.25) is 0 Å². The Bertz CT molecular complexity index is 1830. The van der Waals surface area contributed by atoms with Crippen LogP contribution in [0, 0.1) is 38.8 Å². The Morgan fingerprint density at radius 1 is 0.894 bits per heavy atom. The summed E-state index contributed by atoms with van der Waals surface area (Å²) < 4.78 is 13.2. The Kier molecular flexibility index (Phi) is 12.6. The van der Waals surface area contributed by atoms with Gasteiger partial charge in [0.05, 0.1) is 0 Å². The molecular weight excluding hydrogens is 734 g/mol. The molecular formula is C34H34N4O7Se2. The number of phenols is 1. The number of carboxylic acid groups (broad SMARTS) is 1. The van der Waals surface area contributed by atoms with Crippen molar-refractivity contribution in [2.75, 3.05) is 19.8 Å². The van der Waals surface area contributed by atoms with Crippen molar-refractivity contribution >= 4 is 52.3 Å². The number of hydrogen-bond acceptors (Lipinski definition) is 8. The Morgan fingerprint density at radius 2 is 1.45 bits per heavy atom. The number of benzene rings is 2. The molecule has 2 aromatic carbocycles. The number of ether oxygens (including phenoxy) is 2. The van der Waals surface area contributed by atoms with Crippen molar-refractivity contribution in [3.8, 4) is 31.8 Å². The average Bonchev–Trinajstić information content (AvgIpc) is 4.00. The van der Waals surface area contributed by atoms with E-state index in [1.807, 2.05) is 6.07 Å². The minimum absolute atomic E-state index is 0.0508. The fraction of sp³-hybridized carbons (Fsp3) is 0.353. The van der Waals surface area contributed by atoms with Crippen molar-refractivity contribution < 1.29 is 34.4 Å². The first-order valence-electron chi connectivity index (χ1n) is 14.9. The average molecular weight is 769 g/mol. The SMILES string of the molecule is OCC1CC1.[C-]#[N+]c1cc(-c2nc(C)c(C(=O)O)[se]2)ccc1OCC1CC1.[C-]#[N+]c1cc(-c2nc(C)c(C(=O)OCC)[se]2)ccc1O. The number of aliphatic hydroxyl groups is 1. The first kappa shape index (κ1) is 35.6. The van der Waals surface area contributed by atoms with Crippen molar-refractivity contribution in [1.82, 2.24) is 9.97 Å². The van der Waals surface area contributed by atoms with E-state index in [2.05, 4.69) is 19.7 Å². The molecule has 11 nitrogen and oxygen atoms in total. The monoisotopic (exact) mass is 770 g/mol. The molecule has 47 heavy (non-hydrogen) atoms. The van der Waals surface area contributed by atoms with E-state index in [1.54, 1.807) is 45.0 Å². The summed E-state index contributed by atoms with van der Waals surface area (Å²) in [6, 6.07) is 10.1. The molecule has 2 aliphatic rings. The maximum absolute atomic E-state index is 11.8. The summed E-state index contributed by atoms with van der Waals surface area (Å²) >= 11 is -0.571. The van der Waals surface area contributed by atoms with Crippen LogP contribution in [0.3, 0.4) is 0 Å². The second-order valence-electron chi connectivity index (χ2n) is 10.9. The van der Waals surface area contributed by atoms with E-state index in [0.717, 1.165) is 20.3 Å². The standard InChI is InChI=1S/C16H14N2O3Se.C14H12N2O3Se.C4H8O/c1-9-14(16(19)20)22-15(18-9)11-5-6-13(12(7-11)17-2)21-8-10-3-4-10;1-4-19-14(18)12-8(2)16-13(20-12)9-5-6-11(17)10(7-9)15-3;5-3-4-1-2-4/h5-7,10H,3-4,8H2,1H3,(H,19,20);5-7,17H,4H2,1-2H3;4-5H,1-3H2. The number of esters is 1. The molecule has 4 aromatic rings. The van der Waals surface area contributed by atoms with Crippen LogP contribution < -0.4 is 4.74 Å². The number of carbonyl (C=O) groups excluding carboxylic acids is 1. The van der Waals surface area contributed by atoms with Crippen LogP contribution in [0.5, 0.6) is 11.5 Å². The van der Waals surface area contributed by atoms with E-state index >= 15 is 0 Å². The Labute approximate surface area is 285 Å². The van der Waals surface area contributed by atoms with Crippen LogP contribution >= 0.6 is 0 Å². The van der Waals surface area contributed by atoms with E-state index < -0.39 is 5.97 Å². The van der Waals surface area contributed by atoms with Gasteiger partial charge in [0, 0.05) is 6.61 Å². The number of carbonyl (C=O) groups is 2. The number of nitrogens with zero attached hydrogens (tertiary/aromatic N) is 4. The summed E-state index contributed by atoms with van der Waals surface area (Å²) in [5.74, 6) is 0.629. The molecule has 2 saturated carbocycles. The second-order valence-corrected chi connectivity index (χ2v) is 15.1. The predicted octanol–water partition coefficient (Wildman–Crippen LogP) is 6.09. The molecule has 0 radical (unpaired) electrons. The van der Waals surface area contributed by atoms with Crippen molar-refractivity contribution in [2.24, 2.45) is 11.8 Å². The number of aryl methyl sites for hydroxylation is 2. The van der Waals surface area contributed by atoms with Gasteiger partial charge in [-0.15, -0.1) is 0 Å². The van der Waals surface area contributed by atoms with Gasteiger partial charge in [-0.05, 0) is 18.8 Å². The zero-order chi connectivity index (χ0) is 34.1. The number of phenolic OH excluding ortho intramolecular Hbond substituents is 1.